The molecular formula is C20H29F3N6. The number of guanidine groups is 1. The summed E-state index contributed by atoms with van der Waals surface area (Å²) in [6.07, 6.45) is -0.906. The monoisotopic (exact) mass is 410 g/mol. The van der Waals surface area contributed by atoms with Crippen molar-refractivity contribution in [2.45, 2.75) is 52.9 Å². The van der Waals surface area contributed by atoms with Crippen molar-refractivity contribution in [1.29, 1.82) is 0 Å². The molecular weight excluding hydrogens is 381 g/mol. The van der Waals surface area contributed by atoms with Crippen molar-refractivity contribution in [3.05, 3.63) is 47.5 Å². The zero-order chi connectivity index (χ0) is 21.3. The number of alkyl halides is 3. The maximum Gasteiger partial charge on any atom is 0.416 e. The average molecular weight is 410 g/mol. The van der Waals surface area contributed by atoms with Crippen molar-refractivity contribution >= 4 is 5.96 Å². The Kier molecular flexibility index (Phi) is 8.48. The molecule has 2 rings (SSSR count). The lowest BCUT2D eigenvalue weighted by Crippen LogP contribution is -2.39. The van der Waals surface area contributed by atoms with Crippen molar-refractivity contribution in [3.63, 3.8) is 0 Å². The normalized spacial score (nSPS) is 12.4. The third kappa shape index (κ3) is 7.75. The SMILES string of the molecule is CCc1nncn1CCNC(=NCc1cccc(C(F)(F)F)c1)NCCC(C)C. The molecule has 9 heteroatoms. The molecule has 160 valence electrons. The largest absolute Gasteiger partial charge is 0.416 e. The van der Waals surface area contributed by atoms with Crippen molar-refractivity contribution in [1.82, 2.24) is 25.4 Å². The van der Waals surface area contributed by atoms with Gasteiger partial charge in [0.15, 0.2) is 5.96 Å². The Balaban J connectivity index is 2.00. The molecule has 0 atom stereocenters. The zero-order valence-electron chi connectivity index (χ0n) is 17.1. The lowest BCUT2D eigenvalue weighted by Gasteiger charge is -2.14. The van der Waals surface area contributed by atoms with Crippen LogP contribution in [0.4, 0.5) is 13.2 Å². The van der Waals surface area contributed by atoms with E-state index >= 15 is 0 Å². The number of nitrogens with zero attached hydrogens (tertiary/aromatic N) is 4. The molecule has 0 aliphatic rings. The second-order valence-corrected chi connectivity index (χ2v) is 7.19. The molecule has 0 bridgehead atoms. The summed E-state index contributed by atoms with van der Waals surface area (Å²) in [6, 6.07) is 5.26. The van der Waals surface area contributed by atoms with Crippen molar-refractivity contribution in [2.75, 3.05) is 13.1 Å². The van der Waals surface area contributed by atoms with Crippen LogP contribution >= 0.6 is 0 Å². The number of hydrogen-bond donors (Lipinski definition) is 2. The van der Waals surface area contributed by atoms with Gasteiger partial charge >= 0.3 is 6.18 Å². The molecule has 0 spiro atoms. The lowest BCUT2D eigenvalue weighted by molar-refractivity contribution is -0.137. The van der Waals surface area contributed by atoms with E-state index < -0.39 is 11.7 Å². The van der Waals surface area contributed by atoms with Crippen LogP contribution in [0.25, 0.3) is 0 Å². The molecule has 0 saturated heterocycles. The first kappa shape index (κ1) is 22.7. The van der Waals surface area contributed by atoms with Crippen LogP contribution in [0.1, 0.15) is 44.1 Å². The maximum atomic E-state index is 12.9. The van der Waals surface area contributed by atoms with Gasteiger partial charge in [0, 0.05) is 26.1 Å². The first-order valence-electron chi connectivity index (χ1n) is 9.84. The van der Waals surface area contributed by atoms with Gasteiger partial charge in [-0.25, -0.2) is 4.99 Å². The summed E-state index contributed by atoms with van der Waals surface area (Å²) in [6.45, 7) is 8.45. The molecule has 0 unspecified atom stereocenters. The van der Waals surface area contributed by atoms with Gasteiger partial charge in [-0.15, -0.1) is 10.2 Å². The molecule has 0 radical (unpaired) electrons. The van der Waals surface area contributed by atoms with Crippen molar-refractivity contribution in [2.24, 2.45) is 10.9 Å². The quantitative estimate of drug-likeness (QED) is 0.489. The van der Waals surface area contributed by atoms with E-state index in [2.05, 4.69) is 39.7 Å². The summed E-state index contributed by atoms with van der Waals surface area (Å²) in [5, 5.41) is 14.5. The smallest absolute Gasteiger partial charge is 0.356 e. The van der Waals surface area contributed by atoms with Crippen LogP contribution in [-0.2, 0) is 25.7 Å². The molecule has 0 aliphatic carbocycles. The molecule has 1 aromatic carbocycles. The predicted molar refractivity (Wildman–Crippen MR) is 107 cm³/mol. The van der Waals surface area contributed by atoms with Crippen LogP contribution in [0.15, 0.2) is 35.6 Å². The van der Waals surface area contributed by atoms with E-state index in [4.69, 9.17) is 0 Å². The molecule has 0 fully saturated rings. The molecule has 0 aliphatic heterocycles. The fraction of sp³-hybridized carbons (Fsp3) is 0.550. The number of aromatic nitrogens is 3. The number of aryl methyl sites for hydroxylation is 1. The van der Waals surface area contributed by atoms with E-state index in [1.165, 1.54) is 6.07 Å². The van der Waals surface area contributed by atoms with Gasteiger partial charge < -0.3 is 15.2 Å². The third-order valence-corrected chi connectivity index (χ3v) is 4.35. The average Bonchev–Trinajstić information content (AvgIpc) is 3.12. The minimum atomic E-state index is -4.36. The van der Waals surface area contributed by atoms with E-state index in [9.17, 15) is 13.2 Å². The van der Waals surface area contributed by atoms with Gasteiger partial charge in [0.05, 0.1) is 12.1 Å². The second kappa shape index (κ2) is 10.8. The van der Waals surface area contributed by atoms with Crippen LogP contribution < -0.4 is 10.6 Å². The summed E-state index contributed by atoms with van der Waals surface area (Å²) >= 11 is 0. The minimum Gasteiger partial charge on any atom is -0.356 e. The predicted octanol–water partition coefficient (Wildman–Crippen LogP) is 3.64. The Hall–Kier alpha value is -2.58. The highest BCUT2D eigenvalue weighted by molar-refractivity contribution is 5.79. The summed E-state index contributed by atoms with van der Waals surface area (Å²) in [7, 11) is 0. The summed E-state index contributed by atoms with van der Waals surface area (Å²) in [4.78, 5) is 4.46. The van der Waals surface area contributed by atoms with Crippen molar-refractivity contribution < 1.29 is 13.2 Å². The topological polar surface area (TPSA) is 67.1 Å². The Bertz CT molecular complexity index is 783. The molecule has 29 heavy (non-hydrogen) atoms. The number of nitrogens with one attached hydrogen (secondary N) is 2. The number of benzene rings is 1. The highest BCUT2D eigenvalue weighted by Crippen LogP contribution is 2.29. The van der Waals surface area contributed by atoms with Crippen LogP contribution in [0.2, 0.25) is 0 Å². The van der Waals surface area contributed by atoms with Crippen LogP contribution in [-0.4, -0.2) is 33.8 Å². The summed E-state index contributed by atoms with van der Waals surface area (Å²) in [5.74, 6) is 2.02. The van der Waals surface area contributed by atoms with E-state index in [1.54, 1.807) is 12.4 Å². The van der Waals surface area contributed by atoms with E-state index in [0.717, 1.165) is 37.3 Å². The molecule has 1 heterocycles. The van der Waals surface area contributed by atoms with Gasteiger partial charge in [0.2, 0.25) is 0 Å². The van der Waals surface area contributed by atoms with Crippen LogP contribution in [0, 0.1) is 5.92 Å². The van der Waals surface area contributed by atoms with Gasteiger partial charge in [-0.2, -0.15) is 13.2 Å². The highest BCUT2D eigenvalue weighted by Gasteiger charge is 2.30. The third-order valence-electron chi connectivity index (χ3n) is 4.35. The molecule has 2 N–H and O–H groups in total. The fourth-order valence-electron chi connectivity index (χ4n) is 2.70. The van der Waals surface area contributed by atoms with E-state index in [1.807, 2.05) is 11.5 Å². The first-order valence-corrected chi connectivity index (χ1v) is 9.84. The molecule has 1 aromatic heterocycles. The van der Waals surface area contributed by atoms with Gasteiger partial charge in [-0.1, -0.05) is 32.9 Å². The summed E-state index contributed by atoms with van der Waals surface area (Å²) in [5.41, 5.74) is -0.149. The number of aliphatic imine (C=N–C) groups is 1. The van der Waals surface area contributed by atoms with Crippen molar-refractivity contribution in [3.8, 4) is 0 Å². The molecule has 0 saturated carbocycles. The maximum absolute atomic E-state index is 12.9. The summed E-state index contributed by atoms with van der Waals surface area (Å²) < 4.78 is 40.7. The lowest BCUT2D eigenvalue weighted by atomic mass is 10.1. The molecule has 0 amide bonds. The number of hydrogen-bond acceptors (Lipinski definition) is 3. The van der Waals surface area contributed by atoms with E-state index in [0.29, 0.717) is 30.5 Å². The number of halogens is 3. The minimum absolute atomic E-state index is 0.160. The Morgan fingerprint density at radius 3 is 2.66 bits per heavy atom. The first-order chi connectivity index (χ1) is 13.8. The standard InChI is InChI=1S/C20H29F3N6/c1-4-18-28-27-14-29(18)11-10-25-19(24-9-8-15(2)3)26-13-16-6-5-7-17(12-16)20(21,22)23/h5-7,12,14-15H,4,8-11,13H2,1-3H3,(H2,24,25,26). The fourth-order valence-corrected chi connectivity index (χ4v) is 2.70. The van der Waals surface area contributed by atoms with Gasteiger partial charge in [0.25, 0.3) is 0 Å². The number of rotatable bonds is 9. The van der Waals surface area contributed by atoms with Gasteiger partial charge in [-0.05, 0) is 30.0 Å². The molecule has 6 nitrogen and oxygen atoms in total. The zero-order valence-corrected chi connectivity index (χ0v) is 17.1. The Labute approximate surface area is 169 Å². The Morgan fingerprint density at radius 1 is 1.21 bits per heavy atom. The molecule has 2 aromatic rings. The van der Waals surface area contributed by atoms with Crippen LogP contribution in [0.5, 0.6) is 0 Å². The van der Waals surface area contributed by atoms with Crippen LogP contribution in [0.3, 0.4) is 0 Å². The highest BCUT2D eigenvalue weighted by atomic mass is 19.4. The van der Waals surface area contributed by atoms with E-state index in [-0.39, 0.29) is 6.54 Å². The second-order valence-electron chi connectivity index (χ2n) is 7.19. The van der Waals surface area contributed by atoms with Gasteiger partial charge in [0.1, 0.15) is 12.2 Å². The van der Waals surface area contributed by atoms with Gasteiger partial charge in [-0.3, -0.25) is 0 Å². The Morgan fingerprint density at radius 2 is 1.97 bits per heavy atom.